The number of halogens is 1. The van der Waals surface area contributed by atoms with Gasteiger partial charge < -0.3 is 5.32 Å². The average molecular weight is 466 g/mol. The van der Waals surface area contributed by atoms with E-state index >= 15 is 0 Å². The van der Waals surface area contributed by atoms with Crippen molar-refractivity contribution >= 4 is 33.1 Å². The lowest BCUT2D eigenvalue weighted by molar-refractivity contribution is -0.116. The van der Waals surface area contributed by atoms with Crippen LogP contribution in [0.5, 0.6) is 0 Å². The van der Waals surface area contributed by atoms with Gasteiger partial charge in [-0.3, -0.25) is 18.7 Å². The van der Waals surface area contributed by atoms with E-state index in [1.54, 1.807) is 11.4 Å². The van der Waals surface area contributed by atoms with Crippen molar-refractivity contribution < 1.29 is 9.18 Å². The van der Waals surface area contributed by atoms with Gasteiger partial charge in [-0.05, 0) is 59.7 Å². The van der Waals surface area contributed by atoms with Gasteiger partial charge in [0.25, 0.3) is 5.56 Å². The number of unbranched alkanes of at least 4 members (excludes halogenated alkanes) is 1. The smallest absolute Gasteiger partial charge is 0.325 e. The largest absolute Gasteiger partial charge is 0.332 e. The zero-order valence-electron chi connectivity index (χ0n) is 18.2. The van der Waals surface area contributed by atoms with Gasteiger partial charge in [-0.2, -0.15) is 0 Å². The number of thiophene rings is 1. The van der Waals surface area contributed by atoms with E-state index in [2.05, 4.69) is 12.2 Å². The van der Waals surface area contributed by atoms with Gasteiger partial charge in [0.15, 0.2) is 0 Å². The number of anilines is 1. The van der Waals surface area contributed by atoms with E-state index in [-0.39, 0.29) is 19.0 Å². The maximum absolute atomic E-state index is 13.2. The summed E-state index contributed by atoms with van der Waals surface area (Å²) < 4.78 is 16.0. The lowest BCUT2D eigenvalue weighted by atomic mass is 10.1. The van der Waals surface area contributed by atoms with Crippen LogP contribution in [0.2, 0.25) is 0 Å². The maximum atomic E-state index is 13.2. The summed E-state index contributed by atoms with van der Waals surface area (Å²) in [6.07, 6.45) is 3.22. The minimum absolute atomic E-state index is 0.00731. The summed E-state index contributed by atoms with van der Waals surface area (Å²) in [5.41, 5.74) is 1.89. The summed E-state index contributed by atoms with van der Waals surface area (Å²) in [6, 6.07) is 15.0. The Morgan fingerprint density at radius 3 is 2.36 bits per heavy atom. The number of fused-ring (bicyclic) bond motifs is 1. The summed E-state index contributed by atoms with van der Waals surface area (Å²) in [5.74, 6) is -0.759. The van der Waals surface area contributed by atoms with E-state index in [0.717, 1.165) is 23.8 Å². The minimum atomic E-state index is -0.583. The molecular weight excluding hydrogens is 441 g/mol. The number of carbonyl (C=O) groups excluding carboxylic acids is 1. The number of nitrogens with one attached hydrogen (secondary N) is 1. The van der Waals surface area contributed by atoms with Gasteiger partial charge in [-0.25, -0.2) is 9.18 Å². The fourth-order valence-electron chi connectivity index (χ4n) is 3.68. The van der Waals surface area contributed by atoms with Gasteiger partial charge in [0, 0.05) is 5.69 Å². The first-order valence-corrected chi connectivity index (χ1v) is 11.7. The van der Waals surface area contributed by atoms with Crippen molar-refractivity contribution in [3.8, 4) is 0 Å². The molecule has 0 fully saturated rings. The van der Waals surface area contributed by atoms with Crippen molar-refractivity contribution in [3.05, 3.63) is 97.8 Å². The molecule has 0 aliphatic heterocycles. The van der Waals surface area contributed by atoms with Gasteiger partial charge in [0.2, 0.25) is 5.91 Å². The molecule has 0 atom stereocenters. The Kier molecular flexibility index (Phi) is 6.84. The van der Waals surface area contributed by atoms with Gasteiger partial charge in [-0.15, -0.1) is 11.3 Å². The topological polar surface area (TPSA) is 73.1 Å². The molecule has 1 N–H and O–H groups in total. The number of hydrogen-bond donors (Lipinski definition) is 1. The average Bonchev–Trinajstić information content (AvgIpc) is 3.30. The molecule has 2 aromatic carbocycles. The molecule has 0 saturated carbocycles. The molecule has 0 spiro atoms. The van der Waals surface area contributed by atoms with E-state index in [1.165, 1.54) is 45.7 Å². The highest BCUT2D eigenvalue weighted by atomic mass is 32.1. The van der Waals surface area contributed by atoms with E-state index < -0.39 is 17.1 Å². The molecule has 2 heterocycles. The predicted octanol–water partition coefficient (Wildman–Crippen LogP) is 4.39. The summed E-state index contributed by atoms with van der Waals surface area (Å²) >= 11 is 1.22. The standard InChI is InChI=1S/C25H24FN3O3S/c1-2-3-4-17-7-11-20(12-8-17)27-22(30)16-28-21-13-14-33-23(21)24(31)29(25(28)32)15-18-5-9-19(26)10-6-18/h5-14H,2-4,15-16H2,1H3,(H,27,30). The molecule has 0 aliphatic rings. The molecule has 8 heteroatoms. The molecule has 1 amide bonds. The van der Waals surface area contributed by atoms with E-state index in [4.69, 9.17) is 0 Å². The highest BCUT2D eigenvalue weighted by Crippen LogP contribution is 2.16. The van der Waals surface area contributed by atoms with E-state index in [9.17, 15) is 18.8 Å². The molecule has 170 valence electrons. The van der Waals surface area contributed by atoms with Gasteiger partial charge >= 0.3 is 5.69 Å². The third-order valence-corrected chi connectivity index (χ3v) is 6.34. The molecule has 0 radical (unpaired) electrons. The summed E-state index contributed by atoms with van der Waals surface area (Å²) in [5, 5.41) is 4.54. The Labute approximate surface area is 193 Å². The predicted molar refractivity (Wildman–Crippen MR) is 130 cm³/mol. The Morgan fingerprint density at radius 2 is 1.67 bits per heavy atom. The highest BCUT2D eigenvalue weighted by Gasteiger charge is 2.17. The van der Waals surface area contributed by atoms with Crippen molar-refractivity contribution in [2.45, 2.75) is 39.3 Å². The van der Waals surface area contributed by atoms with Crippen LogP contribution in [-0.4, -0.2) is 15.0 Å². The molecule has 0 saturated heterocycles. The Hall–Kier alpha value is -3.52. The van der Waals surface area contributed by atoms with E-state index in [0.29, 0.717) is 21.5 Å². The SMILES string of the molecule is CCCCc1ccc(NC(=O)Cn2c(=O)n(Cc3ccc(F)cc3)c(=O)c3sccc32)cc1. The van der Waals surface area contributed by atoms with Crippen LogP contribution >= 0.6 is 11.3 Å². The van der Waals surface area contributed by atoms with Crippen LogP contribution in [-0.2, 0) is 24.3 Å². The number of aromatic nitrogens is 2. The van der Waals surface area contributed by atoms with Crippen LogP contribution in [0.15, 0.2) is 69.6 Å². The molecule has 2 aromatic heterocycles. The summed E-state index contributed by atoms with van der Waals surface area (Å²) in [6.45, 7) is 1.91. The molecule has 0 unspecified atom stereocenters. The fraction of sp³-hybridized carbons (Fsp3) is 0.240. The third-order valence-electron chi connectivity index (χ3n) is 5.45. The number of aryl methyl sites for hydroxylation is 1. The quantitative estimate of drug-likeness (QED) is 0.419. The second-order valence-electron chi connectivity index (χ2n) is 7.87. The molecule has 6 nitrogen and oxygen atoms in total. The van der Waals surface area contributed by atoms with Gasteiger partial charge in [0.05, 0.1) is 12.1 Å². The first kappa shape index (κ1) is 22.7. The summed E-state index contributed by atoms with van der Waals surface area (Å²) in [4.78, 5) is 38.8. The molecule has 4 aromatic rings. The Bertz CT molecular complexity index is 1390. The molecule has 0 bridgehead atoms. The molecule has 4 rings (SSSR count). The van der Waals surface area contributed by atoms with Gasteiger partial charge in [-0.1, -0.05) is 37.6 Å². The van der Waals surface area contributed by atoms with Crippen LogP contribution < -0.4 is 16.6 Å². The Morgan fingerprint density at radius 1 is 0.970 bits per heavy atom. The second-order valence-corrected chi connectivity index (χ2v) is 8.79. The molecule has 0 aliphatic carbocycles. The lowest BCUT2D eigenvalue weighted by Gasteiger charge is -2.13. The number of nitrogens with zero attached hydrogens (tertiary/aromatic N) is 2. The zero-order chi connectivity index (χ0) is 23.4. The third kappa shape index (κ3) is 5.12. The minimum Gasteiger partial charge on any atom is -0.325 e. The Balaban J connectivity index is 1.60. The van der Waals surface area contributed by atoms with Crippen molar-refractivity contribution in [2.24, 2.45) is 0 Å². The monoisotopic (exact) mass is 465 g/mol. The lowest BCUT2D eigenvalue weighted by Crippen LogP contribution is -2.41. The number of hydrogen-bond acceptors (Lipinski definition) is 4. The summed E-state index contributed by atoms with van der Waals surface area (Å²) in [7, 11) is 0. The zero-order valence-corrected chi connectivity index (χ0v) is 19.0. The first-order valence-electron chi connectivity index (χ1n) is 10.8. The number of benzene rings is 2. The number of amides is 1. The number of carbonyl (C=O) groups is 1. The van der Waals surface area contributed by atoms with Crippen LogP contribution in [0.3, 0.4) is 0 Å². The molecule has 33 heavy (non-hydrogen) atoms. The van der Waals surface area contributed by atoms with Crippen LogP contribution in [0.25, 0.3) is 10.2 Å². The normalized spacial score (nSPS) is 11.1. The van der Waals surface area contributed by atoms with Crippen LogP contribution in [0.4, 0.5) is 10.1 Å². The van der Waals surface area contributed by atoms with Gasteiger partial charge in [0.1, 0.15) is 17.1 Å². The van der Waals surface area contributed by atoms with Crippen molar-refractivity contribution in [2.75, 3.05) is 5.32 Å². The van der Waals surface area contributed by atoms with Crippen molar-refractivity contribution in [1.29, 1.82) is 0 Å². The van der Waals surface area contributed by atoms with Crippen molar-refractivity contribution in [3.63, 3.8) is 0 Å². The molecular formula is C25H24FN3O3S. The van der Waals surface area contributed by atoms with Crippen LogP contribution in [0.1, 0.15) is 30.9 Å². The second kappa shape index (κ2) is 9.95. The first-order chi connectivity index (χ1) is 16.0. The van der Waals surface area contributed by atoms with Crippen LogP contribution in [0, 0.1) is 5.82 Å². The van der Waals surface area contributed by atoms with E-state index in [1.807, 2.05) is 24.3 Å². The highest BCUT2D eigenvalue weighted by molar-refractivity contribution is 7.17. The number of rotatable bonds is 8. The van der Waals surface area contributed by atoms with Crippen molar-refractivity contribution in [1.82, 2.24) is 9.13 Å². The maximum Gasteiger partial charge on any atom is 0.332 e. The fourth-order valence-corrected chi connectivity index (χ4v) is 4.52.